The summed E-state index contributed by atoms with van der Waals surface area (Å²) in [6.45, 7) is 2.29. The molecule has 0 saturated carbocycles. The molecule has 0 radical (unpaired) electrons. The van der Waals surface area contributed by atoms with Crippen LogP contribution in [0.15, 0.2) is 59.5 Å². The van der Waals surface area contributed by atoms with Crippen molar-refractivity contribution in [1.82, 2.24) is 0 Å². The van der Waals surface area contributed by atoms with Crippen LogP contribution in [0, 0.1) is 0 Å². The van der Waals surface area contributed by atoms with E-state index in [0.717, 1.165) is 22.6 Å². The average Bonchev–Trinajstić information content (AvgIpc) is 2.92. The highest BCUT2D eigenvalue weighted by atomic mass is 32.2. The molecule has 0 saturated heterocycles. The number of ether oxygens (including phenoxy) is 1. The van der Waals surface area contributed by atoms with Gasteiger partial charge in [-0.2, -0.15) is 0 Å². The molecule has 0 aromatic heterocycles. The van der Waals surface area contributed by atoms with Crippen molar-refractivity contribution in [2.75, 3.05) is 12.9 Å². The normalized spacial score (nSPS) is 11.3. The van der Waals surface area contributed by atoms with Crippen molar-refractivity contribution < 1.29 is 9.53 Å². The minimum atomic E-state index is 0.0138. The van der Waals surface area contributed by atoms with Gasteiger partial charge in [-0.15, -0.1) is 11.8 Å². The molecule has 2 rings (SSSR count). The lowest BCUT2D eigenvalue weighted by atomic mass is 10.0. The summed E-state index contributed by atoms with van der Waals surface area (Å²) in [6, 6.07) is 15.7. The maximum Gasteiger partial charge on any atom is 0.185 e. The van der Waals surface area contributed by atoms with Crippen molar-refractivity contribution in [3.63, 3.8) is 0 Å². The molecule has 36 heavy (non-hydrogen) atoms. The molecule has 0 aliphatic heterocycles. The number of carbonyl (C=O) groups is 1. The quantitative estimate of drug-likeness (QED) is 0.0726. The molecule has 0 fully saturated rings. The van der Waals surface area contributed by atoms with Gasteiger partial charge in [-0.05, 0) is 54.7 Å². The van der Waals surface area contributed by atoms with Gasteiger partial charge in [0.25, 0.3) is 0 Å². The second-order valence-electron chi connectivity index (χ2n) is 9.76. The summed E-state index contributed by atoms with van der Waals surface area (Å²) in [6.07, 6.45) is 24.5. The lowest BCUT2D eigenvalue weighted by Gasteiger charge is -2.05. The van der Waals surface area contributed by atoms with E-state index in [1.807, 2.05) is 54.2 Å². The second-order valence-corrected chi connectivity index (χ2v) is 10.9. The van der Waals surface area contributed by atoms with Gasteiger partial charge < -0.3 is 4.74 Å². The fraction of sp³-hybridized carbons (Fsp3) is 0.545. The number of allylic oxidation sites excluding steroid dienone is 1. The van der Waals surface area contributed by atoms with E-state index in [4.69, 9.17) is 4.74 Å². The molecule has 3 heteroatoms. The SMILES string of the molecule is CCCCCCCCCCCCCCCCCSc1ccc(C(=O)/C=C/c2ccccc2OC)cc1. The fourth-order valence-corrected chi connectivity index (χ4v) is 5.36. The highest BCUT2D eigenvalue weighted by molar-refractivity contribution is 7.99. The summed E-state index contributed by atoms with van der Waals surface area (Å²) in [5, 5.41) is 0. The van der Waals surface area contributed by atoms with Gasteiger partial charge >= 0.3 is 0 Å². The van der Waals surface area contributed by atoms with E-state index < -0.39 is 0 Å². The number of para-hydroxylation sites is 1. The van der Waals surface area contributed by atoms with Crippen LogP contribution in [-0.4, -0.2) is 18.6 Å². The van der Waals surface area contributed by atoms with Gasteiger partial charge in [0.2, 0.25) is 0 Å². The van der Waals surface area contributed by atoms with Gasteiger partial charge in [-0.25, -0.2) is 0 Å². The van der Waals surface area contributed by atoms with Crippen molar-refractivity contribution >= 4 is 23.6 Å². The van der Waals surface area contributed by atoms with Gasteiger partial charge in [0.1, 0.15) is 5.75 Å². The molecule has 0 amide bonds. The Morgan fingerprint density at radius 3 is 1.81 bits per heavy atom. The van der Waals surface area contributed by atoms with E-state index in [1.165, 1.54) is 101 Å². The van der Waals surface area contributed by atoms with Gasteiger partial charge in [0.15, 0.2) is 5.78 Å². The van der Waals surface area contributed by atoms with Crippen molar-refractivity contribution in [2.45, 2.75) is 108 Å². The predicted molar refractivity (Wildman–Crippen MR) is 158 cm³/mol. The molecule has 0 bridgehead atoms. The van der Waals surface area contributed by atoms with Crippen molar-refractivity contribution in [2.24, 2.45) is 0 Å². The third-order valence-corrected chi connectivity index (χ3v) is 7.81. The molecule has 0 spiro atoms. The number of thioether (sulfide) groups is 1. The molecule has 0 aliphatic rings. The van der Waals surface area contributed by atoms with Crippen LogP contribution in [0.5, 0.6) is 5.75 Å². The third kappa shape index (κ3) is 13.3. The molecule has 0 aliphatic carbocycles. The first-order valence-electron chi connectivity index (χ1n) is 14.3. The Kier molecular flexibility index (Phi) is 16.9. The topological polar surface area (TPSA) is 26.3 Å². The second kappa shape index (κ2) is 20.1. The summed E-state index contributed by atoms with van der Waals surface area (Å²) >= 11 is 1.90. The number of benzene rings is 2. The van der Waals surface area contributed by atoms with E-state index in [2.05, 4.69) is 19.1 Å². The molecule has 2 aromatic rings. The van der Waals surface area contributed by atoms with E-state index in [0.29, 0.717) is 0 Å². The maximum absolute atomic E-state index is 12.5. The first-order valence-corrected chi connectivity index (χ1v) is 15.3. The van der Waals surface area contributed by atoms with Crippen LogP contribution in [0.1, 0.15) is 119 Å². The van der Waals surface area contributed by atoms with Crippen LogP contribution in [0.3, 0.4) is 0 Å². The Bertz CT molecular complexity index is 856. The van der Waals surface area contributed by atoms with Crippen LogP contribution in [0.4, 0.5) is 0 Å². The van der Waals surface area contributed by atoms with Crippen LogP contribution in [0.2, 0.25) is 0 Å². The standard InChI is InChI=1S/C33H48O2S/c1-3-4-5-6-7-8-9-10-11-12-13-14-15-16-19-28-36-31-25-22-29(23-26-31)32(34)27-24-30-20-17-18-21-33(30)35-2/h17-18,20-27H,3-16,19,28H2,1-2H3/b27-24+. The maximum atomic E-state index is 12.5. The van der Waals surface area contributed by atoms with Crippen LogP contribution < -0.4 is 4.74 Å². The average molecular weight is 509 g/mol. The number of rotatable bonds is 21. The summed E-state index contributed by atoms with van der Waals surface area (Å²) in [7, 11) is 1.64. The zero-order chi connectivity index (χ0) is 25.7. The zero-order valence-electron chi connectivity index (χ0n) is 22.8. The number of methoxy groups -OCH3 is 1. The molecular weight excluding hydrogens is 460 g/mol. The summed E-state index contributed by atoms with van der Waals surface area (Å²) in [4.78, 5) is 13.8. The Hall–Kier alpha value is -2.00. The smallest absolute Gasteiger partial charge is 0.185 e. The first kappa shape index (κ1) is 30.2. The number of ketones is 1. The number of carbonyl (C=O) groups excluding carboxylic acids is 1. The van der Waals surface area contributed by atoms with E-state index >= 15 is 0 Å². The molecule has 0 N–H and O–H groups in total. The molecular formula is C33H48O2S. The zero-order valence-corrected chi connectivity index (χ0v) is 23.6. The van der Waals surface area contributed by atoms with Crippen molar-refractivity contribution in [1.29, 1.82) is 0 Å². The molecule has 0 heterocycles. The minimum absolute atomic E-state index is 0.0138. The van der Waals surface area contributed by atoms with E-state index in [-0.39, 0.29) is 5.78 Å². The Labute approximate surface area is 225 Å². The van der Waals surface area contributed by atoms with Crippen LogP contribution in [-0.2, 0) is 0 Å². The highest BCUT2D eigenvalue weighted by Gasteiger charge is 2.04. The predicted octanol–water partition coefficient (Wildman–Crippen LogP) is 10.6. The Morgan fingerprint density at radius 1 is 0.722 bits per heavy atom. The van der Waals surface area contributed by atoms with Crippen LogP contribution in [0.25, 0.3) is 6.08 Å². The molecule has 2 nitrogen and oxygen atoms in total. The highest BCUT2D eigenvalue weighted by Crippen LogP contribution is 2.22. The molecule has 2 aromatic carbocycles. The van der Waals surface area contributed by atoms with Gasteiger partial charge in [0, 0.05) is 16.0 Å². The number of unbranched alkanes of at least 4 members (excludes halogenated alkanes) is 14. The van der Waals surface area contributed by atoms with Gasteiger partial charge in [-0.3, -0.25) is 4.79 Å². The molecule has 0 atom stereocenters. The molecule has 0 unspecified atom stereocenters. The largest absolute Gasteiger partial charge is 0.496 e. The number of hydrogen-bond donors (Lipinski definition) is 0. The summed E-state index contributed by atoms with van der Waals surface area (Å²) in [5.41, 5.74) is 1.63. The number of hydrogen-bond acceptors (Lipinski definition) is 3. The van der Waals surface area contributed by atoms with Crippen molar-refractivity contribution in [3.05, 3.63) is 65.7 Å². The van der Waals surface area contributed by atoms with Gasteiger partial charge in [-0.1, -0.05) is 115 Å². The minimum Gasteiger partial charge on any atom is -0.496 e. The lowest BCUT2D eigenvalue weighted by molar-refractivity contribution is 0.104. The van der Waals surface area contributed by atoms with E-state index in [9.17, 15) is 4.79 Å². The van der Waals surface area contributed by atoms with Crippen LogP contribution >= 0.6 is 11.8 Å². The third-order valence-electron chi connectivity index (χ3n) is 6.71. The summed E-state index contributed by atoms with van der Waals surface area (Å²) in [5.74, 6) is 1.94. The molecule has 198 valence electrons. The Morgan fingerprint density at radius 2 is 1.25 bits per heavy atom. The Balaban J connectivity index is 1.48. The summed E-state index contributed by atoms with van der Waals surface area (Å²) < 4.78 is 5.34. The monoisotopic (exact) mass is 508 g/mol. The lowest BCUT2D eigenvalue weighted by Crippen LogP contribution is -1.94. The fourth-order valence-electron chi connectivity index (χ4n) is 4.44. The van der Waals surface area contributed by atoms with Crippen molar-refractivity contribution in [3.8, 4) is 5.75 Å². The van der Waals surface area contributed by atoms with E-state index in [1.54, 1.807) is 13.2 Å². The first-order chi connectivity index (χ1) is 17.7. The van der Waals surface area contributed by atoms with Gasteiger partial charge in [0.05, 0.1) is 7.11 Å².